The van der Waals surface area contributed by atoms with E-state index in [0.29, 0.717) is 0 Å². The Balaban J connectivity index is 1.16. The second-order valence-corrected chi connectivity index (χ2v) is 15.0. The SMILES string of the molecule is Cc1cc(C2(c3ccc(N(c4ccccc4)c4cc5ccccc5c5ccccc45)c(C)c3)CCCCC2)ccc1N(c1ccccc1)c1ccccc1. The molecule has 0 amide bonds. The molecule has 0 spiro atoms. The molecule has 54 heavy (non-hydrogen) atoms. The molecule has 8 aromatic carbocycles. The molecule has 1 aliphatic rings. The van der Waals surface area contributed by atoms with Gasteiger partial charge in [0.15, 0.2) is 0 Å². The van der Waals surface area contributed by atoms with Crippen LogP contribution in [0, 0.1) is 13.8 Å². The minimum absolute atomic E-state index is 0.0393. The number of anilines is 6. The fourth-order valence-corrected chi connectivity index (χ4v) is 9.09. The fourth-order valence-electron chi connectivity index (χ4n) is 9.09. The molecule has 0 radical (unpaired) electrons. The lowest BCUT2D eigenvalue weighted by Gasteiger charge is -2.40. The minimum atomic E-state index is -0.0393. The van der Waals surface area contributed by atoms with E-state index < -0.39 is 0 Å². The summed E-state index contributed by atoms with van der Waals surface area (Å²) in [6.45, 7) is 4.59. The number of fused-ring (bicyclic) bond motifs is 3. The lowest BCUT2D eigenvalue weighted by Crippen LogP contribution is -2.31. The van der Waals surface area contributed by atoms with Crippen molar-refractivity contribution in [2.45, 2.75) is 51.4 Å². The maximum Gasteiger partial charge on any atom is 0.0546 e. The number of hydrogen-bond donors (Lipinski definition) is 0. The van der Waals surface area contributed by atoms with Crippen LogP contribution in [0.25, 0.3) is 21.5 Å². The molecule has 0 bridgehead atoms. The summed E-state index contributed by atoms with van der Waals surface area (Å²) in [5.41, 5.74) is 12.5. The van der Waals surface area contributed by atoms with E-state index in [-0.39, 0.29) is 5.41 Å². The maximum absolute atomic E-state index is 2.50. The molecule has 1 saturated carbocycles. The van der Waals surface area contributed by atoms with Gasteiger partial charge in [0.05, 0.1) is 5.69 Å². The lowest BCUT2D eigenvalue weighted by atomic mass is 9.65. The number of benzene rings is 8. The highest BCUT2D eigenvalue weighted by atomic mass is 15.1. The summed E-state index contributed by atoms with van der Waals surface area (Å²) < 4.78 is 0. The van der Waals surface area contributed by atoms with Crippen molar-refractivity contribution in [3.8, 4) is 0 Å². The second-order valence-electron chi connectivity index (χ2n) is 15.0. The Bertz CT molecular complexity index is 2510. The van der Waals surface area contributed by atoms with E-state index in [2.05, 4.69) is 206 Å². The van der Waals surface area contributed by atoms with Crippen LogP contribution in [0.4, 0.5) is 34.1 Å². The molecule has 8 aromatic rings. The molecule has 0 aliphatic heterocycles. The summed E-state index contributed by atoms with van der Waals surface area (Å²) in [5, 5.41) is 5.06. The molecular formula is C52H46N2. The van der Waals surface area contributed by atoms with Crippen LogP contribution in [-0.4, -0.2) is 0 Å². The van der Waals surface area contributed by atoms with Crippen molar-refractivity contribution in [1.29, 1.82) is 0 Å². The zero-order valence-corrected chi connectivity index (χ0v) is 31.3. The van der Waals surface area contributed by atoms with Crippen LogP contribution in [0.1, 0.15) is 54.4 Å². The normalized spacial score (nSPS) is 13.9. The van der Waals surface area contributed by atoms with Gasteiger partial charge in [-0.25, -0.2) is 0 Å². The third-order valence-electron chi connectivity index (χ3n) is 11.7. The maximum atomic E-state index is 2.50. The summed E-state index contributed by atoms with van der Waals surface area (Å²) in [5.74, 6) is 0. The number of rotatable bonds is 8. The highest BCUT2D eigenvalue weighted by Gasteiger charge is 2.37. The van der Waals surface area contributed by atoms with Gasteiger partial charge >= 0.3 is 0 Å². The third-order valence-corrected chi connectivity index (χ3v) is 11.7. The molecular weight excluding hydrogens is 653 g/mol. The van der Waals surface area contributed by atoms with Gasteiger partial charge in [-0.3, -0.25) is 0 Å². The Labute approximate surface area is 320 Å². The van der Waals surface area contributed by atoms with E-state index in [1.807, 2.05) is 0 Å². The summed E-state index contributed by atoms with van der Waals surface area (Å²) in [6.07, 6.45) is 6.08. The monoisotopic (exact) mass is 698 g/mol. The van der Waals surface area contributed by atoms with Crippen LogP contribution in [0.5, 0.6) is 0 Å². The van der Waals surface area contributed by atoms with E-state index in [4.69, 9.17) is 0 Å². The van der Waals surface area contributed by atoms with Gasteiger partial charge < -0.3 is 9.80 Å². The number of para-hydroxylation sites is 3. The molecule has 0 atom stereocenters. The Morgan fingerprint density at radius 1 is 0.370 bits per heavy atom. The first kappa shape index (κ1) is 33.7. The van der Waals surface area contributed by atoms with Crippen molar-refractivity contribution in [2.75, 3.05) is 9.80 Å². The van der Waals surface area contributed by atoms with Crippen molar-refractivity contribution in [3.05, 3.63) is 204 Å². The Morgan fingerprint density at radius 2 is 0.815 bits per heavy atom. The lowest BCUT2D eigenvalue weighted by molar-refractivity contribution is 0.346. The van der Waals surface area contributed by atoms with Crippen LogP contribution in [0.3, 0.4) is 0 Å². The van der Waals surface area contributed by atoms with Crippen LogP contribution < -0.4 is 9.80 Å². The summed E-state index contributed by atoms with van der Waals surface area (Å²) in [4.78, 5) is 4.86. The first-order valence-electron chi connectivity index (χ1n) is 19.5. The van der Waals surface area contributed by atoms with Crippen LogP contribution in [0.15, 0.2) is 182 Å². The van der Waals surface area contributed by atoms with E-state index in [0.717, 1.165) is 18.5 Å². The van der Waals surface area contributed by atoms with Crippen molar-refractivity contribution >= 4 is 55.7 Å². The van der Waals surface area contributed by atoms with Gasteiger partial charge in [-0.05, 0) is 120 Å². The average Bonchev–Trinajstić information content (AvgIpc) is 3.23. The highest BCUT2D eigenvalue weighted by molar-refractivity contribution is 6.14. The molecule has 0 unspecified atom stereocenters. The first-order chi connectivity index (χ1) is 26.6. The van der Waals surface area contributed by atoms with Crippen molar-refractivity contribution in [2.24, 2.45) is 0 Å². The van der Waals surface area contributed by atoms with Crippen LogP contribution in [-0.2, 0) is 5.41 Å². The van der Waals surface area contributed by atoms with Crippen molar-refractivity contribution in [1.82, 2.24) is 0 Å². The van der Waals surface area contributed by atoms with Gasteiger partial charge in [-0.1, -0.05) is 147 Å². The topological polar surface area (TPSA) is 6.48 Å². The predicted octanol–water partition coefficient (Wildman–Crippen LogP) is 14.8. The molecule has 1 fully saturated rings. The van der Waals surface area contributed by atoms with Crippen LogP contribution in [0.2, 0.25) is 0 Å². The van der Waals surface area contributed by atoms with Gasteiger partial charge in [0, 0.05) is 39.2 Å². The van der Waals surface area contributed by atoms with Crippen LogP contribution >= 0.6 is 0 Å². The van der Waals surface area contributed by atoms with Gasteiger partial charge in [-0.15, -0.1) is 0 Å². The van der Waals surface area contributed by atoms with Crippen molar-refractivity contribution < 1.29 is 0 Å². The molecule has 2 heteroatoms. The van der Waals surface area contributed by atoms with Gasteiger partial charge in [0.1, 0.15) is 0 Å². The number of nitrogens with zero attached hydrogens (tertiary/aromatic N) is 2. The van der Waals surface area contributed by atoms with Crippen molar-refractivity contribution in [3.63, 3.8) is 0 Å². The second kappa shape index (κ2) is 14.4. The highest BCUT2D eigenvalue weighted by Crippen LogP contribution is 2.49. The zero-order chi connectivity index (χ0) is 36.5. The average molecular weight is 699 g/mol. The fraction of sp³-hybridized carbons (Fsp3) is 0.154. The van der Waals surface area contributed by atoms with Gasteiger partial charge in [0.2, 0.25) is 0 Å². The Hall–Kier alpha value is -6.12. The smallest absolute Gasteiger partial charge is 0.0546 e. The molecule has 9 rings (SSSR count). The van der Waals surface area contributed by atoms with E-state index in [1.54, 1.807) is 0 Å². The predicted molar refractivity (Wildman–Crippen MR) is 231 cm³/mol. The molecule has 0 N–H and O–H groups in total. The Morgan fingerprint density at radius 3 is 1.35 bits per heavy atom. The molecule has 264 valence electrons. The van der Waals surface area contributed by atoms with E-state index >= 15 is 0 Å². The quantitative estimate of drug-likeness (QED) is 0.146. The molecule has 0 saturated heterocycles. The molecule has 0 heterocycles. The molecule has 2 nitrogen and oxygen atoms in total. The Kier molecular flexibility index (Phi) is 8.97. The minimum Gasteiger partial charge on any atom is -0.310 e. The van der Waals surface area contributed by atoms with Gasteiger partial charge in [-0.2, -0.15) is 0 Å². The summed E-state index contributed by atoms with van der Waals surface area (Å²) >= 11 is 0. The van der Waals surface area contributed by atoms with E-state index in [1.165, 1.54) is 91.5 Å². The third kappa shape index (κ3) is 6.02. The summed E-state index contributed by atoms with van der Waals surface area (Å²) in [7, 11) is 0. The van der Waals surface area contributed by atoms with Gasteiger partial charge in [0.25, 0.3) is 0 Å². The largest absolute Gasteiger partial charge is 0.310 e. The molecule has 0 aromatic heterocycles. The zero-order valence-electron chi connectivity index (χ0n) is 31.3. The molecule has 1 aliphatic carbocycles. The van der Waals surface area contributed by atoms with E-state index in [9.17, 15) is 0 Å². The number of hydrogen-bond acceptors (Lipinski definition) is 2. The number of aryl methyl sites for hydroxylation is 2. The summed E-state index contributed by atoms with van der Waals surface area (Å²) in [6, 6.07) is 67.0. The standard InChI is InChI=1S/C52H46N2/c1-38-35-41(29-31-49(38)53(43-20-7-3-8-21-43)44-22-9-4-10-23-44)52(33-17-6-18-34-52)42-30-32-50(39(2)36-42)54(45-24-11-5-12-25-45)51-37-40-19-13-14-26-46(40)47-27-15-16-28-48(47)51/h3-5,7-16,19-32,35-37H,6,17-18,33-34H2,1-2H3. The first-order valence-corrected chi connectivity index (χ1v) is 19.5.